The molecular weight excluding hydrogens is 214 g/mol. The number of hydrogen-bond acceptors (Lipinski definition) is 2. The van der Waals surface area contributed by atoms with Gasteiger partial charge in [-0.15, -0.1) is 0 Å². The summed E-state index contributed by atoms with van der Waals surface area (Å²) < 4.78 is 0. The third-order valence-electron chi connectivity index (χ3n) is 3.86. The summed E-state index contributed by atoms with van der Waals surface area (Å²) in [4.78, 5) is 0. The largest absolute Gasteiger partial charge is 0.313 e. The molecule has 0 bridgehead atoms. The zero-order valence-electron chi connectivity index (χ0n) is 11.5. The summed E-state index contributed by atoms with van der Waals surface area (Å²) in [5.74, 6) is 3.85. The standard InChI is InChI=1S/C14H29NS/c1-11(2)13-7-5-6-8-14(13)15-9-12(3)10-16-4/h11-15H,5-10H2,1-4H3. The second-order valence-electron chi connectivity index (χ2n) is 5.77. The Balaban J connectivity index is 2.32. The first kappa shape index (κ1) is 14.4. The monoisotopic (exact) mass is 243 g/mol. The maximum absolute atomic E-state index is 3.82. The molecule has 1 nitrogen and oxygen atoms in total. The Kier molecular flexibility index (Phi) is 6.83. The zero-order chi connectivity index (χ0) is 12.0. The minimum absolute atomic E-state index is 0.790. The third-order valence-corrected chi connectivity index (χ3v) is 4.76. The molecule has 0 saturated heterocycles. The van der Waals surface area contributed by atoms with Crippen LogP contribution in [0.2, 0.25) is 0 Å². The van der Waals surface area contributed by atoms with Crippen LogP contribution in [0.3, 0.4) is 0 Å². The maximum Gasteiger partial charge on any atom is 0.00978 e. The van der Waals surface area contributed by atoms with Crippen molar-refractivity contribution in [3.8, 4) is 0 Å². The van der Waals surface area contributed by atoms with E-state index >= 15 is 0 Å². The van der Waals surface area contributed by atoms with Gasteiger partial charge in [0.2, 0.25) is 0 Å². The van der Waals surface area contributed by atoms with Gasteiger partial charge in [-0.1, -0.05) is 33.6 Å². The van der Waals surface area contributed by atoms with Crippen molar-refractivity contribution < 1.29 is 0 Å². The fourth-order valence-electron chi connectivity index (χ4n) is 2.91. The molecule has 16 heavy (non-hydrogen) atoms. The first-order chi connectivity index (χ1) is 7.65. The van der Waals surface area contributed by atoms with Crippen molar-refractivity contribution in [2.75, 3.05) is 18.6 Å². The van der Waals surface area contributed by atoms with Gasteiger partial charge < -0.3 is 5.32 Å². The van der Waals surface area contributed by atoms with Crippen LogP contribution >= 0.6 is 11.8 Å². The Bertz CT molecular complexity index is 182. The van der Waals surface area contributed by atoms with E-state index in [1.165, 1.54) is 38.0 Å². The normalized spacial score (nSPS) is 28.3. The lowest BCUT2D eigenvalue weighted by Gasteiger charge is -2.35. The van der Waals surface area contributed by atoms with Crippen molar-refractivity contribution in [1.82, 2.24) is 5.32 Å². The second-order valence-corrected chi connectivity index (χ2v) is 6.68. The summed E-state index contributed by atoms with van der Waals surface area (Å²) in [6.45, 7) is 8.33. The van der Waals surface area contributed by atoms with E-state index in [1.54, 1.807) is 0 Å². The van der Waals surface area contributed by atoms with Crippen molar-refractivity contribution in [1.29, 1.82) is 0 Å². The first-order valence-corrected chi connectivity index (χ1v) is 8.26. The van der Waals surface area contributed by atoms with Crippen LogP contribution in [-0.4, -0.2) is 24.6 Å². The molecule has 0 aromatic heterocycles. The summed E-state index contributed by atoms with van der Waals surface area (Å²) in [5.41, 5.74) is 0. The highest BCUT2D eigenvalue weighted by atomic mass is 32.2. The number of nitrogens with one attached hydrogen (secondary N) is 1. The van der Waals surface area contributed by atoms with Gasteiger partial charge >= 0.3 is 0 Å². The molecule has 0 aromatic carbocycles. The Morgan fingerprint density at radius 1 is 1.19 bits per heavy atom. The van der Waals surface area contributed by atoms with Gasteiger partial charge in [-0.05, 0) is 49.1 Å². The zero-order valence-corrected chi connectivity index (χ0v) is 12.3. The molecule has 0 spiro atoms. The molecule has 0 aromatic rings. The fourth-order valence-corrected chi connectivity index (χ4v) is 3.59. The molecule has 3 atom stereocenters. The molecule has 0 aliphatic heterocycles. The Morgan fingerprint density at radius 3 is 2.50 bits per heavy atom. The lowest BCUT2D eigenvalue weighted by molar-refractivity contribution is 0.202. The maximum atomic E-state index is 3.82. The first-order valence-electron chi connectivity index (χ1n) is 6.87. The summed E-state index contributed by atoms with van der Waals surface area (Å²) >= 11 is 1.96. The van der Waals surface area contributed by atoms with Crippen LogP contribution in [0, 0.1) is 17.8 Å². The van der Waals surface area contributed by atoms with E-state index in [0.29, 0.717) is 0 Å². The minimum atomic E-state index is 0.790. The molecule has 1 fully saturated rings. The highest BCUT2D eigenvalue weighted by Crippen LogP contribution is 2.30. The fraction of sp³-hybridized carbons (Fsp3) is 1.00. The molecule has 3 unspecified atom stereocenters. The molecule has 96 valence electrons. The smallest absolute Gasteiger partial charge is 0.00978 e. The van der Waals surface area contributed by atoms with Gasteiger partial charge in [0.1, 0.15) is 0 Å². The van der Waals surface area contributed by atoms with E-state index < -0.39 is 0 Å². The summed E-state index contributed by atoms with van der Waals surface area (Å²) in [5, 5.41) is 3.82. The molecule has 1 aliphatic carbocycles. The van der Waals surface area contributed by atoms with E-state index in [1.807, 2.05) is 11.8 Å². The average molecular weight is 243 g/mol. The molecule has 1 aliphatic rings. The van der Waals surface area contributed by atoms with E-state index in [-0.39, 0.29) is 0 Å². The Hall–Kier alpha value is 0.310. The van der Waals surface area contributed by atoms with E-state index in [9.17, 15) is 0 Å². The quantitative estimate of drug-likeness (QED) is 0.762. The van der Waals surface area contributed by atoms with Gasteiger partial charge in [-0.3, -0.25) is 0 Å². The predicted molar refractivity (Wildman–Crippen MR) is 76.1 cm³/mol. The summed E-state index contributed by atoms with van der Waals surface area (Å²) in [7, 11) is 0. The predicted octanol–water partition coefficient (Wildman–Crippen LogP) is 3.79. The number of rotatable bonds is 6. The Labute approximate surface area is 106 Å². The molecule has 1 N–H and O–H groups in total. The molecule has 0 radical (unpaired) electrons. The average Bonchev–Trinajstić information content (AvgIpc) is 2.27. The Morgan fingerprint density at radius 2 is 1.88 bits per heavy atom. The van der Waals surface area contributed by atoms with Crippen molar-refractivity contribution >= 4 is 11.8 Å². The van der Waals surface area contributed by atoms with Crippen molar-refractivity contribution in [2.45, 2.75) is 52.5 Å². The van der Waals surface area contributed by atoms with Gasteiger partial charge in [0, 0.05) is 6.04 Å². The molecule has 2 heteroatoms. The highest BCUT2D eigenvalue weighted by Gasteiger charge is 2.27. The molecule has 1 rings (SSSR count). The summed E-state index contributed by atoms with van der Waals surface area (Å²) in [6.07, 6.45) is 7.91. The van der Waals surface area contributed by atoms with E-state index in [2.05, 4.69) is 32.3 Å². The van der Waals surface area contributed by atoms with Crippen molar-refractivity contribution in [3.63, 3.8) is 0 Å². The van der Waals surface area contributed by atoms with Gasteiger partial charge in [0.25, 0.3) is 0 Å². The third kappa shape index (κ3) is 4.67. The van der Waals surface area contributed by atoms with Crippen LogP contribution in [0.4, 0.5) is 0 Å². The van der Waals surface area contributed by atoms with Crippen LogP contribution in [0.25, 0.3) is 0 Å². The topological polar surface area (TPSA) is 12.0 Å². The van der Waals surface area contributed by atoms with E-state index in [0.717, 1.165) is 23.8 Å². The SMILES string of the molecule is CSCC(C)CNC1CCCCC1C(C)C. The lowest BCUT2D eigenvalue weighted by atomic mass is 9.78. The summed E-state index contributed by atoms with van der Waals surface area (Å²) in [6, 6.07) is 0.790. The van der Waals surface area contributed by atoms with Crippen LogP contribution in [0.15, 0.2) is 0 Å². The van der Waals surface area contributed by atoms with Gasteiger partial charge in [0.15, 0.2) is 0 Å². The van der Waals surface area contributed by atoms with Gasteiger partial charge in [0.05, 0.1) is 0 Å². The lowest BCUT2D eigenvalue weighted by Crippen LogP contribution is -2.42. The van der Waals surface area contributed by atoms with Crippen LogP contribution in [0.1, 0.15) is 46.5 Å². The minimum Gasteiger partial charge on any atom is -0.313 e. The van der Waals surface area contributed by atoms with E-state index in [4.69, 9.17) is 0 Å². The molecule has 0 heterocycles. The van der Waals surface area contributed by atoms with Crippen LogP contribution in [0.5, 0.6) is 0 Å². The van der Waals surface area contributed by atoms with Crippen molar-refractivity contribution in [3.05, 3.63) is 0 Å². The number of thioether (sulfide) groups is 1. The van der Waals surface area contributed by atoms with Crippen molar-refractivity contribution in [2.24, 2.45) is 17.8 Å². The van der Waals surface area contributed by atoms with Gasteiger partial charge in [-0.25, -0.2) is 0 Å². The molecule has 1 saturated carbocycles. The second kappa shape index (κ2) is 7.60. The van der Waals surface area contributed by atoms with Gasteiger partial charge in [-0.2, -0.15) is 11.8 Å². The van der Waals surface area contributed by atoms with Crippen LogP contribution < -0.4 is 5.32 Å². The number of hydrogen-bond donors (Lipinski definition) is 1. The molecular formula is C14H29NS. The van der Waals surface area contributed by atoms with Crippen LogP contribution in [-0.2, 0) is 0 Å². The highest BCUT2D eigenvalue weighted by molar-refractivity contribution is 7.98. The molecule has 0 amide bonds.